The van der Waals surface area contributed by atoms with Crippen molar-refractivity contribution >= 4 is 5.97 Å². The van der Waals surface area contributed by atoms with Gasteiger partial charge in [0.1, 0.15) is 0 Å². The smallest absolute Gasteiger partial charge is 0.475 e. The van der Waals surface area contributed by atoms with Gasteiger partial charge >= 0.3 is 12.1 Å². The average molecular weight is 215 g/mol. The van der Waals surface area contributed by atoms with E-state index in [2.05, 4.69) is 0 Å². The highest BCUT2D eigenvalue weighted by Crippen LogP contribution is 2.13. The molecule has 1 aliphatic heterocycles. The van der Waals surface area contributed by atoms with E-state index in [1.54, 1.807) is 0 Å². The topological polar surface area (TPSA) is 40.5 Å². The second kappa shape index (κ2) is 5.58. The Labute approximate surface area is 77.6 Å². The van der Waals surface area contributed by atoms with E-state index in [9.17, 15) is 17.7 Å². The number of carboxylic acids is 1. The van der Waals surface area contributed by atoms with E-state index in [0.717, 1.165) is 11.5 Å². The molecule has 0 spiro atoms. The van der Waals surface area contributed by atoms with Crippen LogP contribution in [0.15, 0.2) is 12.2 Å². The maximum atomic E-state index is 12.0. The Balaban J connectivity index is 0.000000241. The van der Waals surface area contributed by atoms with Gasteiger partial charge in [0.25, 0.3) is 0 Å². The molecule has 3 nitrogen and oxygen atoms in total. The molecule has 0 unspecified atom stereocenters. The Morgan fingerprint density at radius 1 is 1.36 bits per heavy atom. The third kappa shape index (κ3) is 6.41. The highest BCUT2D eigenvalue weighted by atomic mass is 19.4. The number of alkyl halides is 3. The van der Waals surface area contributed by atoms with E-state index in [4.69, 9.17) is 9.90 Å². The van der Waals surface area contributed by atoms with Crippen molar-refractivity contribution < 1.29 is 27.6 Å². The zero-order valence-electron chi connectivity index (χ0n) is 7.09. The molecular weight excluding hydrogens is 206 g/mol. The van der Waals surface area contributed by atoms with Gasteiger partial charge in [0, 0.05) is 13.1 Å². The first-order valence-electron chi connectivity index (χ1n) is 3.70. The predicted octanol–water partition coefficient (Wildman–Crippen LogP) is 1.77. The van der Waals surface area contributed by atoms with Gasteiger partial charge in [-0.25, -0.2) is 4.79 Å². The normalized spacial score (nSPS) is 17.1. The van der Waals surface area contributed by atoms with Gasteiger partial charge in [-0.15, -0.1) is 9.60 Å². The standard InChI is InChI=1S/C5H8FN.C2HF3O2/c6-7-4-2-1-3-5-7;3-2(4,5)1(6)7/h1-2H,3-5H2;(H,6,7). The largest absolute Gasteiger partial charge is 0.490 e. The van der Waals surface area contributed by atoms with Gasteiger partial charge in [-0.3, -0.25) is 0 Å². The SMILES string of the molecule is FN1CC=CCC1.O=C(O)C(F)(F)F. The molecule has 0 fully saturated rings. The molecule has 0 saturated carbocycles. The maximum Gasteiger partial charge on any atom is 0.490 e. The van der Waals surface area contributed by atoms with Crippen LogP contribution in [0.25, 0.3) is 0 Å². The molecule has 0 atom stereocenters. The zero-order chi connectivity index (χ0) is 11.2. The van der Waals surface area contributed by atoms with Gasteiger partial charge in [0.15, 0.2) is 0 Å². The summed E-state index contributed by atoms with van der Waals surface area (Å²) in [4.78, 5) is 8.90. The lowest BCUT2D eigenvalue weighted by Crippen LogP contribution is -2.21. The molecule has 1 N–H and O–H groups in total. The Kier molecular flexibility index (Phi) is 5.14. The molecule has 0 amide bonds. The minimum absolute atomic E-state index is 0.472. The van der Waals surface area contributed by atoms with Crippen molar-refractivity contribution in [1.29, 1.82) is 0 Å². The van der Waals surface area contributed by atoms with Crippen LogP contribution in [0, 0.1) is 0 Å². The molecule has 0 aliphatic carbocycles. The highest BCUT2D eigenvalue weighted by Gasteiger charge is 2.38. The fourth-order valence-corrected chi connectivity index (χ4v) is 0.613. The first kappa shape index (κ1) is 12.9. The fourth-order valence-electron chi connectivity index (χ4n) is 0.613. The van der Waals surface area contributed by atoms with Crippen LogP contribution >= 0.6 is 0 Å². The van der Waals surface area contributed by atoms with Gasteiger partial charge in [0.2, 0.25) is 0 Å². The Morgan fingerprint density at radius 3 is 2.00 bits per heavy atom. The van der Waals surface area contributed by atoms with E-state index in [1.165, 1.54) is 0 Å². The minimum atomic E-state index is -5.08. The van der Waals surface area contributed by atoms with Crippen LogP contribution in [-0.4, -0.2) is 35.5 Å². The molecule has 0 bridgehead atoms. The summed E-state index contributed by atoms with van der Waals surface area (Å²) >= 11 is 0. The van der Waals surface area contributed by atoms with E-state index in [-0.39, 0.29) is 0 Å². The van der Waals surface area contributed by atoms with Crippen molar-refractivity contribution in [2.75, 3.05) is 13.1 Å². The van der Waals surface area contributed by atoms with Crippen LogP contribution < -0.4 is 0 Å². The lowest BCUT2D eigenvalue weighted by Gasteiger charge is -2.10. The molecule has 14 heavy (non-hydrogen) atoms. The molecule has 0 aromatic rings. The van der Waals surface area contributed by atoms with Crippen LogP contribution in [0.3, 0.4) is 0 Å². The van der Waals surface area contributed by atoms with Gasteiger partial charge in [-0.2, -0.15) is 13.2 Å². The van der Waals surface area contributed by atoms with E-state index in [0.29, 0.717) is 13.1 Å². The lowest BCUT2D eigenvalue weighted by atomic mass is 10.3. The van der Waals surface area contributed by atoms with Crippen LogP contribution in [-0.2, 0) is 4.79 Å². The summed E-state index contributed by atoms with van der Waals surface area (Å²) in [6.45, 7) is 1.04. The molecule has 0 aromatic carbocycles. The maximum absolute atomic E-state index is 12.0. The van der Waals surface area contributed by atoms with Crippen molar-refractivity contribution in [3.05, 3.63) is 12.2 Å². The minimum Gasteiger partial charge on any atom is -0.475 e. The summed E-state index contributed by atoms with van der Waals surface area (Å²) in [5, 5.41) is 7.93. The summed E-state index contributed by atoms with van der Waals surface area (Å²) < 4.78 is 43.7. The second-order valence-electron chi connectivity index (χ2n) is 2.43. The molecular formula is C7H9F4NO2. The third-order valence-electron chi connectivity index (χ3n) is 1.25. The summed E-state index contributed by atoms with van der Waals surface area (Å²) in [6.07, 6.45) is -0.393. The number of carbonyl (C=O) groups is 1. The highest BCUT2D eigenvalue weighted by molar-refractivity contribution is 5.73. The summed E-state index contributed by atoms with van der Waals surface area (Å²) in [6, 6.07) is 0. The van der Waals surface area contributed by atoms with Gasteiger partial charge < -0.3 is 5.11 Å². The number of aliphatic carboxylic acids is 1. The second-order valence-corrected chi connectivity index (χ2v) is 2.43. The number of hydrogen-bond donors (Lipinski definition) is 1. The van der Waals surface area contributed by atoms with Crippen LogP contribution in [0.5, 0.6) is 0 Å². The lowest BCUT2D eigenvalue weighted by molar-refractivity contribution is -0.192. The number of halogens is 4. The Morgan fingerprint density at radius 2 is 1.86 bits per heavy atom. The molecule has 0 radical (unpaired) electrons. The summed E-state index contributed by atoms with van der Waals surface area (Å²) in [5.74, 6) is -2.76. The number of rotatable bonds is 0. The van der Waals surface area contributed by atoms with Crippen molar-refractivity contribution in [1.82, 2.24) is 5.12 Å². The molecule has 0 saturated heterocycles. The number of nitrogens with zero attached hydrogens (tertiary/aromatic N) is 1. The van der Waals surface area contributed by atoms with Crippen LogP contribution in [0.1, 0.15) is 6.42 Å². The van der Waals surface area contributed by atoms with Crippen LogP contribution in [0.2, 0.25) is 0 Å². The fraction of sp³-hybridized carbons (Fsp3) is 0.571. The molecule has 1 rings (SSSR count). The summed E-state index contributed by atoms with van der Waals surface area (Å²) in [5.41, 5.74) is 0. The van der Waals surface area contributed by atoms with E-state index < -0.39 is 12.1 Å². The molecule has 1 aliphatic rings. The number of carboxylic acid groups (broad SMARTS) is 1. The average Bonchev–Trinajstić information content (AvgIpc) is 2.04. The van der Waals surface area contributed by atoms with Gasteiger partial charge in [0.05, 0.1) is 0 Å². The van der Waals surface area contributed by atoms with Gasteiger partial charge in [-0.1, -0.05) is 12.2 Å². The third-order valence-corrected chi connectivity index (χ3v) is 1.25. The Bertz CT molecular complexity index is 214. The van der Waals surface area contributed by atoms with Crippen molar-refractivity contribution in [2.45, 2.75) is 12.6 Å². The van der Waals surface area contributed by atoms with Crippen molar-refractivity contribution in [3.63, 3.8) is 0 Å². The predicted molar refractivity (Wildman–Crippen MR) is 40.1 cm³/mol. The van der Waals surface area contributed by atoms with E-state index >= 15 is 0 Å². The monoisotopic (exact) mass is 215 g/mol. The van der Waals surface area contributed by atoms with Crippen molar-refractivity contribution in [3.8, 4) is 0 Å². The molecule has 0 aromatic heterocycles. The first-order chi connectivity index (χ1) is 6.34. The van der Waals surface area contributed by atoms with Crippen molar-refractivity contribution in [2.24, 2.45) is 0 Å². The molecule has 82 valence electrons. The molecule has 1 heterocycles. The van der Waals surface area contributed by atoms with E-state index in [1.807, 2.05) is 12.2 Å². The van der Waals surface area contributed by atoms with Gasteiger partial charge in [-0.05, 0) is 6.42 Å². The van der Waals surface area contributed by atoms with Crippen LogP contribution in [0.4, 0.5) is 17.7 Å². The summed E-state index contributed by atoms with van der Waals surface area (Å²) in [7, 11) is 0. The molecule has 7 heteroatoms. The zero-order valence-corrected chi connectivity index (χ0v) is 7.09. The number of hydrogen-bond acceptors (Lipinski definition) is 2. The Hall–Kier alpha value is -1.11. The quantitative estimate of drug-likeness (QED) is 0.380. The first-order valence-corrected chi connectivity index (χ1v) is 3.70.